The quantitative estimate of drug-likeness (QED) is 0.460. The van der Waals surface area contributed by atoms with E-state index in [1.54, 1.807) is 7.05 Å². The SMILES string of the molecule is CN=C(NCCOc1ccccc1)NCC(C)(C)SC. The highest BCUT2D eigenvalue weighted by Crippen LogP contribution is 2.19. The molecule has 0 heterocycles. The van der Waals surface area contributed by atoms with Crippen molar-refractivity contribution < 1.29 is 4.74 Å². The largest absolute Gasteiger partial charge is 0.492 e. The van der Waals surface area contributed by atoms with Crippen LogP contribution in [0.1, 0.15) is 13.8 Å². The molecule has 0 amide bonds. The number of guanidine groups is 1. The molecule has 1 aromatic rings. The van der Waals surface area contributed by atoms with Crippen LogP contribution < -0.4 is 15.4 Å². The molecule has 0 atom stereocenters. The van der Waals surface area contributed by atoms with Crippen molar-refractivity contribution in [3.8, 4) is 5.75 Å². The van der Waals surface area contributed by atoms with E-state index in [1.165, 1.54) is 0 Å². The zero-order valence-corrected chi connectivity index (χ0v) is 13.6. The van der Waals surface area contributed by atoms with Gasteiger partial charge >= 0.3 is 0 Å². The number of hydrogen-bond donors (Lipinski definition) is 2. The summed E-state index contributed by atoms with van der Waals surface area (Å²) in [6.45, 7) is 6.60. The molecule has 0 fully saturated rings. The first-order valence-electron chi connectivity index (χ1n) is 6.75. The lowest BCUT2D eigenvalue weighted by atomic mass is 10.2. The van der Waals surface area contributed by atoms with Crippen LogP contribution in [0.3, 0.4) is 0 Å². The van der Waals surface area contributed by atoms with E-state index in [2.05, 4.69) is 35.7 Å². The van der Waals surface area contributed by atoms with Crippen LogP contribution in [0.4, 0.5) is 0 Å². The van der Waals surface area contributed by atoms with Gasteiger partial charge < -0.3 is 15.4 Å². The number of nitrogens with one attached hydrogen (secondary N) is 2. The predicted octanol–water partition coefficient (Wildman–Crippen LogP) is 2.37. The summed E-state index contributed by atoms with van der Waals surface area (Å²) in [6.07, 6.45) is 2.12. The van der Waals surface area contributed by atoms with Crippen molar-refractivity contribution in [2.75, 3.05) is 33.0 Å². The van der Waals surface area contributed by atoms with E-state index in [0.29, 0.717) is 13.2 Å². The van der Waals surface area contributed by atoms with Gasteiger partial charge in [-0.15, -0.1) is 0 Å². The lowest BCUT2D eigenvalue weighted by Gasteiger charge is -2.23. The highest BCUT2D eigenvalue weighted by molar-refractivity contribution is 7.99. The van der Waals surface area contributed by atoms with Gasteiger partial charge in [0.15, 0.2) is 5.96 Å². The second-order valence-corrected chi connectivity index (χ2v) is 6.49. The van der Waals surface area contributed by atoms with Gasteiger partial charge in [-0.1, -0.05) is 18.2 Å². The van der Waals surface area contributed by atoms with Crippen LogP contribution in [0.2, 0.25) is 0 Å². The molecule has 0 bridgehead atoms. The third kappa shape index (κ3) is 6.70. The Labute approximate surface area is 126 Å². The Bertz CT molecular complexity index is 407. The zero-order valence-electron chi connectivity index (χ0n) is 12.8. The fourth-order valence-electron chi connectivity index (χ4n) is 1.44. The zero-order chi connectivity index (χ0) is 14.8. The summed E-state index contributed by atoms with van der Waals surface area (Å²) in [5.74, 6) is 1.70. The van der Waals surface area contributed by atoms with Crippen LogP contribution in [-0.2, 0) is 0 Å². The summed E-state index contributed by atoms with van der Waals surface area (Å²) in [7, 11) is 1.78. The molecule has 1 aromatic carbocycles. The topological polar surface area (TPSA) is 45.7 Å². The Morgan fingerprint density at radius 1 is 1.25 bits per heavy atom. The average molecular weight is 295 g/mol. The van der Waals surface area contributed by atoms with Gasteiger partial charge in [-0.3, -0.25) is 4.99 Å². The number of nitrogens with zero attached hydrogens (tertiary/aromatic N) is 1. The van der Waals surface area contributed by atoms with Crippen molar-refractivity contribution >= 4 is 17.7 Å². The second-order valence-electron chi connectivity index (χ2n) is 4.98. The summed E-state index contributed by atoms with van der Waals surface area (Å²) < 4.78 is 5.81. The van der Waals surface area contributed by atoms with E-state index >= 15 is 0 Å². The van der Waals surface area contributed by atoms with E-state index < -0.39 is 0 Å². The van der Waals surface area contributed by atoms with Gasteiger partial charge in [-0.25, -0.2) is 0 Å². The number of rotatable bonds is 7. The first-order valence-corrected chi connectivity index (χ1v) is 7.97. The Morgan fingerprint density at radius 2 is 1.95 bits per heavy atom. The summed E-state index contributed by atoms with van der Waals surface area (Å²) >= 11 is 1.84. The van der Waals surface area contributed by atoms with Crippen molar-refractivity contribution in [3.63, 3.8) is 0 Å². The van der Waals surface area contributed by atoms with Crippen LogP contribution in [0.5, 0.6) is 5.75 Å². The molecule has 5 heteroatoms. The number of aliphatic imine (C=N–C) groups is 1. The molecule has 0 aliphatic heterocycles. The van der Waals surface area contributed by atoms with Gasteiger partial charge in [0, 0.05) is 18.3 Å². The molecule has 0 aliphatic rings. The molecule has 112 valence electrons. The number of thioether (sulfide) groups is 1. The molecule has 20 heavy (non-hydrogen) atoms. The molecule has 0 spiro atoms. The molecule has 0 unspecified atom stereocenters. The van der Waals surface area contributed by atoms with Gasteiger partial charge in [0.25, 0.3) is 0 Å². The van der Waals surface area contributed by atoms with E-state index in [0.717, 1.165) is 18.3 Å². The van der Waals surface area contributed by atoms with Crippen molar-refractivity contribution in [2.24, 2.45) is 4.99 Å². The van der Waals surface area contributed by atoms with E-state index in [-0.39, 0.29) is 4.75 Å². The normalized spacial score (nSPS) is 12.1. The van der Waals surface area contributed by atoms with Crippen LogP contribution in [0, 0.1) is 0 Å². The van der Waals surface area contributed by atoms with Crippen LogP contribution >= 0.6 is 11.8 Å². The summed E-state index contributed by atoms with van der Waals surface area (Å²) in [5.41, 5.74) is 0. The molecule has 0 aromatic heterocycles. The Kier molecular flexibility index (Phi) is 7.30. The second kappa shape index (κ2) is 8.74. The molecule has 4 nitrogen and oxygen atoms in total. The Balaban J connectivity index is 2.22. The minimum Gasteiger partial charge on any atom is -0.492 e. The Hall–Kier alpha value is -1.36. The monoisotopic (exact) mass is 295 g/mol. The van der Waals surface area contributed by atoms with E-state index in [9.17, 15) is 0 Å². The molecule has 0 saturated carbocycles. The summed E-state index contributed by atoms with van der Waals surface area (Å²) in [5, 5.41) is 6.56. The van der Waals surface area contributed by atoms with Gasteiger partial charge in [-0.05, 0) is 32.2 Å². The fourth-order valence-corrected chi connectivity index (χ4v) is 1.66. The van der Waals surface area contributed by atoms with Gasteiger partial charge in [0.2, 0.25) is 0 Å². The smallest absolute Gasteiger partial charge is 0.191 e. The van der Waals surface area contributed by atoms with Crippen molar-refractivity contribution in [2.45, 2.75) is 18.6 Å². The van der Waals surface area contributed by atoms with Crippen molar-refractivity contribution in [1.29, 1.82) is 0 Å². The summed E-state index contributed by atoms with van der Waals surface area (Å²) in [4.78, 5) is 4.20. The predicted molar refractivity (Wildman–Crippen MR) is 88.9 cm³/mol. The molecular weight excluding hydrogens is 270 g/mol. The highest BCUT2D eigenvalue weighted by atomic mass is 32.2. The maximum Gasteiger partial charge on any atom is 0.191 e. The van der Waals surface area contributed by atoms with Crippen molar-refractivity contribution in [1.82, 2.24) is 10.6 Å². The van der Waals surface area contributed by atoms with E-state index in [4.69, 9.17) is 4.74 Å². The van der Waals surface area contributed by atoms with Gasteiger partial charge in [0.1, 0.15) is 12.4 Å². The number of hydrogen-bond acceptors (Lipinski definition) is 3. The minimum absolute atomic E-state index is 0.193. The maximum absolute atomic E-state index is 5.62. The van der Waals surface area contributed by atoms with Crippen molar-refractivity contribution in [3.05, 3.63) is 30.3 Å². The molecule has 0 saturated heterocycles. The molecule has 1 rings (SSSR count). The number of ether oxygens (including phenoxy) is 1. The lowest BCUT2D eigenvalue weighted by Crippen LogP contribution is -2.44. The highest BCUT2D eigenvalue weighted by Gasteiger charge is 2.15. The summed E-state index contributed by atoms with van der Waals surface area (Å²) in [6, 6.07) is 9.81. The number of para-hydroxylation sites is 1. The first-order chi connectivity index (χ1) is 9.57. The van der Waals surface area contributed by atoms with Crippen LogP contribution in [0.25, 0.3) is 0 Å². The molecule has 0 radical (unpaired) electrons. The molecular formula is C15H25N3OS. The maximum atomic E-state index is 5.62. The first kappa shape index (κ1) is 16.7. The third-order valence-electron chi connectivity index (χ3n) is 2.86. The number of benzene rings is 1. The van der Waals surface area contributed by atoms with Crippen LogP contribution in [0.15, 0.2) is 35.3 Å². The van der Waals surface area contributed by atoms with Gasteiger partial charge in [-0.2, -0.15) is 11.8 Å². The third-order valence-corrected chi connectivity index (χ3v) is 4.11. The average Bonchev–Trinajstić information content (AvgIpc) is 2.47. The standard InChI is InChI=1S/C15H25N3OS/c1-15(2,20-4)12-18-14(16-3)17-10-11-19-13-8-6-5-7-9-13/h5-9H,10-12H2,1-4H3,(H2,16,17,18). The minimum atomic E-state index is 0.193. The fraction of sp³-hybridized carbons (Fsp3) is 0.533. The van der Waals surface area contributed by atoms with E-state index in [1.807, 2.05) is 42.1 Å². The molecule has 0 aliphatic carbocycles. The molecule has 2 N–H and O–H groups in total. The van der Waals surface area contributed by atoms with Crippen LogP contribution in [-0.4, -0.2) is 43.7 Å². The Morgan fingerprint density at radius 3 is 2.55 bits per heavy atom. The lowest BCUT2D eigenvalue weighted by molar-refractivity contribution is 0.322. The van der Waals surface area contributed by atoms with Gasteiger partial charge in [0.05, 0.1) is 6.54 Å².